The molecule has 0 amide bonds. The van der Waals surface area contributed by atoms with Gasteiger partial charge in [-0.2, -0.15) is 0 Å². The molecule has 0 fully saturated rings. The first-order valence-electron chi connectivity index (χ1n) is 13.0. The summed E-state index contributed by atoms with van der Waals surface area (Å²) in [5.74, 6) is 0.694. The van der Waals surface area contributed by atoms with Crippen LogP contribution in [0.4, 0.5) is 0 Å². The second-order valence-corrected chi connectivity index (χ2v) is 12.8. The number of hydrogen-bond donors (Lipinski definition) is 0. The molecule has 1 aliphatic heterocycles. The lowest BCUT2D eigenvalue weighted by Gasteiger charge is -2.12. The van der Waals surface area contributed by atoms with Crippen molar-refractivity contribution < 1.29 is 4.57 Å². The van der Waals surface area contributed by atoms with Crippen LogP contribution in [0.3, 0.4) is 0 Å². The molecule has 0 spiro atoms. The van der Waals surface area contributed by atoms with Gasteiger partial charge in [0.2, 0.25) is 0 Å². The van der Waals surface area contributed by atoms with E-state index in [2.05, 4.69) is 66.7 Å². The Hall–Kier alpha value is -4.59. The summed E-state index contributed by atoms with van der Waals surface area (Å²) in [5.41, 5.74) is 9.04. The zero-order valence-corrected chi connectivity index (χ0v) is 22.3. The standard InChI is InChI=1S/C35H25N2OP/c1-39(38)33-18-9-8-17-29(33)30-20-19-27(22-34(30)39)26-15-10-16-28(21-26)32-23-31(24-11-4-2-5-12-24)36-35(37-32)25-13-6-3-7-14-25/h2-23H,1H3. The highest BCUT2D eigenvalue weighted by molar-refractivity contribution is 7.79. The molecule has 7 rings (SSSR count). The molecule has 5 aromatic carbocycles. The fourth-order valence-corrected chi connectivity index (χ4v) is 7.75. The van der Waals surface area contributed by atoms with Gasteiger partial charge in [-0.05, 0) is 47.1 Å². The number of rotatable bonds is 4. The zero-order chi connectivity index (χ0) is 26.4. The van der Waals surface area contributed by atoms with E-state index in [1.807, 2.05) is 73.4 Å². The van der Waals surface area contributed by atoms with Crippen LogP contribution in [-0.4, -0.2) is 16.6 Å². The Kier molecular flexibility index (Phi) is 5.61. The van der Waals surface area contributed by atoms with Gasteiger partial charge in [0.1, 0.15) is 7.14 Å². The second kappa shape index (κ2) is 9.31. The number of aromatic nitrogens is 2. The first-order chi connectivity index (χ1) is 19.1. The summed E-state index contributed by atoms with van der Waals surface area (Å²) in [4.78, 5) is 9.90. The van der Waals surface area contributed by atoms with E-state index in [0.717, 1.165) is 60.9 Å². The number of hydrogen-bond acceptors (Lipinski definition) is 3. The van der Waals surface area contributed by atoms with Gasteiger partial charge in [-0.25, -0.2) is 9.97 Å². The number of benzene rings is 5. The van der Waals surface area contributed by atoms with E-state index in [4.69, 9.17) is 9.97 Å². The first kappa shape index (κ1) is 23.5. The van der Waals surface area contributed by atoms with E-state index in [1.165, 1.54) is 0 Å². The molecule has 0 N–H and O–H groups in total. The summed E-state index contributed by atoms with van der Waals surface area (Å²) in [5, 5.41) is 1.89. The second-order valence-electron chi connectivity index (χ2n) is 9.95. The summed E-state index contributed by atoms with van der Waals surface area (Å²) in [6.07, 6.45) is 0. The molecule has 1 aromatic heterocycles. The molecule has 3 nitrogen and oxygen atoms in total. The third-order valence-corrected chi connectivity index (χ3v) is 10.0. The predicted octanol–water partition coefficient (Wildman–Crippen LogP) is 8.07. The maximum atomic E-state index is 13.9. The Labute approximate surface area is 228 Å². The van der Waals surface area contributed by atoms with Gasteiger partial charge in [-0.1, -0.05) is 115 Å². The van der Waals surface area contributed by atoms with Gasteiger partial charge in [0, 0.05) is 27.3 Å². The van der Waals surface area contributed by atoms with Crippen LogP contribution in [0.1, 0.15) is 0 Å². The van der Waals surface area contributed by atoms with Crippen molar-refractivity contribution in [2.75, 3.05) is 6.66 Å². The molecule has 0 bridgehead atoms. The van der Waals surface area contributed by atoms with Gasteiger partial charge in [-0.3, -0.25) is 0 Å². The molecule has 1 aliphatic rings. The summed E-state index contributed by atoms with van der Waals surface area (Å²) in [7, 11) is -2.64. The van der Waals surface area contributed by atoms with Crippen LogP contribution in [0.25, 0.3) is 56.2 Å². The van der Waals surface area contributed by atoms with Crippen LogP contribution < -0.4 is 10.6 Å². The Morgan fingerprint density at radius 1 is 0.462 bits per heavy atom. The molecule has 0 aliphatic carbocycles. The van der Waals surface area contributed by atoms with E-state index >= 15 is 0 Å². The molecule has 4 heteroatoms. The SMILES string of the molecule is CP1(=O)c2ccccc2-c2ccc(-c3cccc(-c4cc(-c5ccccc5)nc(-c5ccccc5)n4)c3)cc21. The fourth-order valence-electron chi connectivity index (χ4n) is 5.42. The first-order valence-corrected chi connectivity index (χ1v) is 15.2. The van der Waals surface area contributed by atoms with E-state index in [-0.39, 0.29) is 0 Å². The molecule has 0 saturated heterocycles. The smallest absolute Gasteiger partial charge is 0.160 e. The predicted molar refractivity (Wildman–Crippen MR) is 162 cm³/mol. The minimum atomic E-state index is -2.64. The van der Waals surface area contributed by atoms with Crippen LogP contribution in [0.5, 0.6) is 0 Å². The molecule has 39 heavy (non-hydrogen) atoms. The minimum absolute atomic E-state index is 0.694. The van der Waals surface area contributed by atoms with Crippen molar-refractivity contribution in [2.24, 2.45) is 0 Å². The van der Waals surface area contributed by atoms with Crippen molar-refractivity contribution >= 4 is 17.8 Å². The van der Waals surface area contributed by atoms with Crippen molar-refractivity contribution in [3.05, 3.63) is 133 Å². The van der Waals surface area contributed by atoms with Gasteiger partial charge in [0.15, 0.2) is 5.82 Å². The van der Waals surface area contributed by atoms with Crippen LogP contribution in [0, 0.1) is 0 Å². The van der Waals surface area contributed by atoms with Gasteiger partial charge >= 0.3 is 0 Å². The number of fused-ring (bicyclic) bond motifs is 3. The molecule has 2 heterocycles. The highest BCUT2D eigenvalue weighted by Crippen LogP contribution is 2.50. The summed E-state index contributed by atoms with van der Waals surface area (Å²) in [6, 6.07) is 45.2. The highest BCUT2D eigenvalue weighted by Gasteiger charge is 2.34. The molecular weight excluding hydrogens is 495 g/mol. The largest absolute Gasteiger partial charge is 0.314 e. The highest BCUT2D eigenvalue weighted by atomic mass is 31.2. The lowest BCUT2D eigenvalue weighted by molar-refractivity contribution is 0.591. The van der Waals surface area contributed by atoms with Gasteiger partial charge in [0.05, 0.1) is 11.4 Å². The average Bonchev–Trinajstić information content (AvgIpc) is 3.24. The summed E-state index contributed by atoms with van der Waals surface area (Å²) in [6.45, 7) is 1.88. The van der Waals surface area contributed by atoms with Crippen molar-refractivity contribution in [3.63, 3.8) is 0 Å². The lowest BCUT2D eigenvalue weighted by atomic mass is 9.98. The Morgan fingerprint density at radius 2 is 1.03 bits per heavy atom. The molecule has 186 valence electrons. The maximum absolute atomic E-state index is 13.9. The summed E-state index contributed by atoms with van der Waals surface area (Å²) < 4.78 is 13.9. The Morgan fingerprint density at radius 3 is 1.79 bits per heavy atom. The van der Waals surface area contributed by atoms with E-state index in [1.54, 1.807) is 0 Å². The monoisotopic (exact) mass is 520 g/mol. The molecular formula is C35H25N2OP. The molecule has 0 radical (unpaired) electrons. The molecule has 1 atom stereocenters. The quantitative estimate of drug-likeness (QED) is 0.221. The van der Waals surface area contributed by atoms with Crippen molar-refractivity contribution in [2.45, 2.75) is 0 Å². The van der Waals surface area contributed by atoms with Crippen LogP contribution in [0.2, 0.25) is 0 Å². The fraction of sp³-hybridized carbons (Fsp3) is 0.0286. The van der Waals surface area contributed by atoms with E-state index in [0.29, 0.717) is 5.82 Å². The lowest BCUT2D eigenvalue weighted by Crippen LogP contribution is -2.08. The van der Waals surface area contributed by atoms with E-state index < -0.39 is 7.14 Å². The normalized spacial score (nSPS) is 15.5. The van der Waals surface area contributed by atoms with Crippen LogP contribution >= 0.6 is 7.14 Å². The topological polar surface area (TPSA) is 42.9 Å². The van der Waals surface area contributed by atoms with Crippen LogP contribution in [-0.2, 0) is 4.57 Å². The van der Waals surface area contributed by atoms with Gasteiger partial charge < -0.3 is 4.57 Å². The Balaban J connectivity index is 1.34. The van der Waals surface area contributed by atoms with Crippen molar-refractivity contribution in [1.29, 1.82) is 0 Å². The molecule has 6 aromatic rings. The van der Waals surface area contributed by atoms with Crippen LogP contribution in [0.15, 0.2) is 133 Å². The van der Waals surface area contributed by atoms with E-state index in [9.17, 15) is 4.57 Å². The van der Waals surface area contributed by atoms with Gasteiger partial charge in [0.25, 0.3) is 0 Å². The molecule has 0 saturated carbocycles. The average molecular weight is 521 g/mol. The van der Waals surface area contributed by atoms with Gasteiger partial charge in [-0.15, -0.1) is 0 Å². The third kappa shape index (κ3) is 4.12. The van der Waals surface area contributed by atoms with Crippen molar-refractivity contribution in [1.82, 2.24) is 9.97 Å². The third-order valence-electron chi connectivity index (χ3n) is 7.43. The maximum Gasteiger partial charge on any atom is 0.160 e. The zero-order valence-electron chi connectivity index (χ0n) is 21.5. The number of nitrogens with zero attached hydrogens (tertiary/aromatic N) is 2. The Bertz CT molecular complexity index is 1840. The van der Waals surface area contributed by atoms with Crippen molar-refractivity contribution in [3.8, 4) is 56.2 Å². The molecule has 1 unspecified atom stereocenters. The minimum Gasteiger partial charge on any atom is -0.314 e. The summed E-state index contributed by atoms with van der Waals surface area (Å²) >= 11 is 0.